The molecule has 0 aliphatic rings. The van der Waals surface area contributed by atoms with Crippen molar-refractivity contribution in [3.63, 3.8) is 0 Å². The van der Waals surface area contributed by atoms with E-state index in [4.69, 9.17) is 0 Å². The van der Waals surface area contributed by atoms with E-state index >= 15 is 0 Å². The van der Waals surface area contributed by atoms with Gasteiger partial charge in [0.1, 0.15) is 0 Å². The molecule has 0 aliphatic heterocycles. The topological polar surface area (TPSA) is 67.5 Å². The molecule has 3 aromatic rings. The van der Waals surface area contributed by atoms with Gasteiger partial charge in [-0.05, 0) is 26.0 Å². The van der Waals surface area contributed by atoms with Crippen molar-refractivity contribution in [1.82, 2.24) is 19.8 Å². The summed E-state index contributed by atoms with van der Waals surface area (Å²) in [7, 11) is 0. The second kappa shape index (κ2) is 5.08. The van der Waals surface area contributed by atoms with E-state index in [0.717, 1.165) is 11.3 Å². The first-order valence-corrected chi connectivity index (χ1v) is 6.29. The first kappa shape index (κ1) is 12.3. The summed E-state index contributed by atoms with van der Waals surface area (Å²) in [6.45, 7) is 3.83. The highest BCUT2D eigenvalue weighted by atomic mass is 15.4. The predicted octanol–water partition coefficient (Wildman–Crippen LogP) is 2.60. The number of rotatable bonds is 3. The van der Waals surface area contributed by atoms with Crippen molar-refractivity contribution in [1.29, 1.82) is 0 Å². The number of fused-ring (bicyclic) bond motifs is 1. The Labute approximate surface area is 116 Å². The molecule has 1 aromatic carbocycles. The number of hydrazone groups is 1. The molecule has 0 spiro atoms. The van der Waals surface area contributed by atoms with Crippen molar-refractivity contribution in [3.05, 3.63) is 42.5 Å². The molecule has 2 aromatic heterocycles. The van der Waals surface area contributed by atoms with Crippen molar-refractivity contribution in [3.8, 4) is 11.4 Å². The molecule has 0 saturated carbocycles. The van der Waals surface area contributed by atoms with E-state index in [9.17, 15) is 0 Å². The fourth-order valence-electron chi connectivity index (χ4n) is 1.78. The van der Waals surface area contributed by atoms with Crippen LogP contribution in [-0.2, 0) is 0 Å². The third-order valence-electron chi connectivity index (χ3n) is 2.69. The van der Waals surface area contributed by atoms with Crippen LogP contribution in [0.3, 0.4) is 0 Å². The maximum absolute atomic E-state index is 4.46. The monoisotopic (exact) mass is 266 g/mol. The van der Waals surface area contributed by atoms with Crippen LogP contribution in [0.1, 0.15) is 13.8 Å². The lowest BCUT2D eigenvalue weighted by Crippen LogP contribution is -2.01. The first-order chi connectivity index (χ1) is 9.74. The number of anilines is 1. The minimum atomic E-state index is 0.649. The van der Waals surface area contributed by atoms with Gasteiger partial charge in [-0.25, -0.2) is 0 Å². The number of nitrogens with zero attached hydrogens (tertiary/aromatic N) is 5. The smallest absolute Gasteiger partial charge is 0.185 e. The van der Waals surface area contributed by atoms with Crippen LogP contribution in [0, 0.1) is 0 Å². The number of hydrogen-bond donors (Lipinski definition) is 1. The zero-order valence-electron chi connectivity index (χ0n) is 11.3. The van der Waals surface area contributed by atoms with Gasteiger partial charge in [-0.15, -0.1) is 15.3 Å². The van der Waals surface area contributed by atoms with Gasteiger partial charge >= 0.3 is 0 Å². The fraction of sp³-hybridized carbons (Fsp3) is 0.143. The Balaban J connectivity index is 2.06. The van der Waals surface area contributed by atoms with E-state index in [0.29, 0.717) is 17.3 Å². The zero-order valence-corrected chi connectivity index (χ0v) is 11.3. The lowest BCUT2D eigenvalue weighted by Gasteiger charge is -2.02. The number of hydrogen-bond acceptors (Lipinski definition) is 5. The molecular weight excluding hydrogens is 252 g/mol. The Kier molecular flexibility index (Phi) is 3.12. The van der Waals surface area contributed by atoms with Gasteiger partial charge in [-0.2, -0.15) is 9.62 Å². The number of benzene rings is 1. The van der Waals surface area contributed by atoms with Gasteiger partial charge < -0.3 is 0 Å². The van der Waals surface area contributed by atoms with Crippen LogP contribution >= 0.6 is 0 Å². The summed E-state index contributed by atoms with van der Waals surface area (Å²) in [5.41, 5.74) is 5.51. The third-order valence-corrected chi connectivity index (χ3v) is 2.69. The molecule has 1 N–H and O–H groups in total. The summed E-state index contributed by atoms with van der Waals surface area (Å²) in [6, 6.07) is 13.5. The van der Waals surface area contributed by atoms with Crippen molar-refractivity contribution >= 4 is 17.2 Å². The molecule has 0 atom stereocenters. The molecule has 100 valence electrons. The second-order valence-electron chi connectivity index (χ2n) is 4.55. The van der Waals surface area contributed by atoms with Crippen molar-refractivity contribution in [2.75, 3.05) is 5.43 Å². The highest BCUT2D eigenvalue weighted by Gasteiger charge is 2.09. The quantitative estimate of drug-likeness (QED) is 0.584. The third kappa shape index (κ3) is 2.35. The van der Waals surface area contributed by atoms with Crippen LogP contribution in [0.15, 0.2) is 47.6 Å². The average Bonchev–Trinajstić information content (AvgIpc) is 2.89. The van der Waals surface area contributed by atoms with Gasteiger partial charge in [-0.3, -0.25) is 5.43 Å². The molecule has 6 heteroatoms. The summed E-state index contributed by atoms with van der Waals surface area (Å²) in [5, 5.41) is 16.9. The van der Waals surface area contributed by atoms with Gasteiger partial charge in [0.15, 0.2) is 17.3 Å². The molecule has 0 unspecified atom stereocenters. The van der Waals surface area contributed by atoms with E-state index < -0.39 is 0 Å². The van der Waals surface area contributed by atoms with E-state index in [2.05, 4.69) is 25.8 Å². The molecular formula is C14H14N6. The molecule has 0 radical (unpaired) electrons. The molecule has 0 amide bonds. The van der Waals surface area contributed by atoms with Crippen LogP contribution in [0.2, 0.25) is 0 Å². The molecule has 2 heterocycles. The Morgan fingerprint density at radius 1 is 1.05 bits per heavy atom. The largest absolute Gasteiger partial charge is 0.260 e. The van der Waals surface area contributed by atoms with E-state index in [-0.39, 0.29) is 0 Å². The summed E-state index contributed by atoms with van der Waals surface area (Å²) in [5.74, 6) is 1.36. The van der Waals surface area contributed by atoms with E-state index in [1.807, 2.05) is 56.3 Å². The van der Waals surface area contributed by atoms with Gasteiger partial charge in [0.25, 0.3) is 0 Å². The zero-order chi connectivity index (χ0) is 13.9. The average molecular weight is 266 g/mol. The SMILES string of the molecule is CC(C)=NNc1ccc2nnc(-c3ccccc3)n2n1. The summed E-state index contributed by atoms with van der Waals surface area (Å²) < 4.78 is 1.71. The normalized spacial score (nSPS) is 10.5. The van der Waals surface area contributed by atoms with E-state index in [1.165, 1.54) is 0 Å². The Hall–Kier alpha value is -2.76. The molecule has 0 fully saturated rings. The van der Waals surface area contributed by atoms with Gasteiger partial charge in [0, 0.05) is 11.3 Å². The number of nitrogens with one attached hydrogen (secondary N) is 1. The van der Waals surface area contributed by atoms with Crippen molar-refractivity contribution in [2.45, 2.75) is 13.8 Å². The van der Waals surface area contributed by atoms with Gasteiger partial charge in [-0.1, -0.05) is 30.3 Å². The molecule has 6 nitrogen and oxygen atoms in total. The number of aromatic nitrogens is 4. The Bertz CT molecular complexity index is 756. The minimum absolute atomic E-state index is 0.649. The summed E-state index contributed by atoms with van der Waals surface area (Å²) in [4.78, 5) is 0. The predicted molar refractivity (Wildman–Crippen MR) is 78.6 cm³/mol. The second-order valence-corrected chi connectivity index (χ2v) is 4.55. The standard InChI is InChI=1S/C14H14N6/c1-10(2)15-16-12-8-9-13-17-18-14(20(13)19-12)11-6-4-3-5-7-11/h3-9H,1-2H3,(H,16,19). The summed E-state index contributed by atoms with van der Waals surface area (Å²) >= 11 is 0. The maximum Gasteiger partial charge on any atom is 0.185 e. The lowest BCUT2D eigenvalue weighted by atomic mass is 10.2. The van der Waals surface area contributed by atoms with Crippen LogP contribution in [0.4, 0.5) is 5.82 Å². The van der Waals surface area contributed by atoms with Gasteiger partial charge in [0.2, 0.25) is 0 Å². The molecule has 0 saturated heterocycles. The van der Waals surface area contributed by atoms with Crippen molar-refractivity contribution < 1.29 is 0 Å². The fourth-order valence-corrected chi connectivity index (χ4v) is 1.78. The minimum Gasteiger partial charge on any atom is -0.260 e. The summed E-state index contributed by atoms with van der Waals surface area (Å²) in [6.07, 6.45) is 0. The van der Waals surface area contributed by atoms with Gasteiger partial charge in [0.05, 0.1) is 0 Å². The Morgan fingerprint density at radius 3 is 2.60 bits per heavy atom. The van der Waals surface area contributed by atoms with Crippen LogP contribution in [0.25, 0.3) is 17.0 Å². The Morgan fingerprint density at radius 2 is 1.85 bits per heavy atom. The highest BCUT2D eigenvalue weighted by molar-refractivity contribution is 5.79. The molecule has 20 heavy (non-hydrogen) atoms. The maximum atomic E-state index is 4.46. The first-order valence-electron chi connectivity index (χ1n) is 6.29. The van der Waals surface area contributed by atoms with E-state index in [1.54, 1.807) is 4.52 Å². The molecule has 3 rings (SSSR count). The van der Waals surface area contributed by atoms with Crippen molar-refractivity contribution in [2.24, 2.45) is 5.10 Å². The van der Waals surface area contributed by atoms with Crippen LogP contribution in [0.5, 0.6) is 0 Å². The molecule has 0 bridgehead atoms. The lowest BCUT2D eigenvalue weighted by molar-refractivity contribution is 0.933. The van der Waals surface area contributed by atoms with Crippen LogP contribution < -0.4 is 5.43 Å². The molecule has 0 aliphatic carbocycles. The van der Waals surface area contributed by atoms with Crippen LogP contribution in [-0.4, -0.2) is 25.5 Å². The highest BCUT2D eigenvalue weighted by Crippen LogP contribution is 2.17.